The van der Waals surface area contributed by atoms with Crippen LogP contribution in [0.1, 0.15) is 184 Å². The third-order valence-electron chi connectivity index (χ3n) is 28.2. The number of likely N-dealkylation sites (tertiary alicyclic amines) is 2. The number of carbonyl (C=O) groups is 6. The van der Waals surface area contributed by atoms with E-state index < -0.39 is 84.3 Å². The number of carbonyl (C=O) groups excluding carboxylic acids is 6. The molecule has 2 aliphatic carbocycles. The number of rotatable bonds is 21. The summed E-state index contributed by atoms with van der Waals surface area (Å²) in [6.45, 7) is 6.68. The quantitative estimate of drug-likeness (QED) is 0.0262. The number of nitrogens with zero attached hydrogens (tertiary/aromatic N) is 18. The number of halogens is 5. The van der Waals surface area contributed by atoms with Gasteiger partial charge in [-0.05, 0) is 144 Å². The van der Waals surface area contributed by atoms with Gasteiger partial charge < -0.3 is 54.3 Å². The van der Waals surface area contributed by atoms with Gasteiger partial charge in [0.1, 0.15) is 54.2 Å². The predicted octanol–water partition coefficient (Wildman–Crippen LogP) is 7.63. The topological polar surface area (TPSA) is 350 Å². The number of nitrogens with one attached hydrogen (secondary N) is 4. The number of imide groups is 2. The average molecular weight is 1760 g/mol. The van der Waals surface area contributed by atoms with Gasteiger partial charge in [-0.2, -0.15) is 20.4 Å². The lowest BCUT2D eigenvalue weighted by atomic mass is 9.77. The van der Waals surface area contributed by atoms with Gasteiger partial charge in [0.15, 0.2) is 22.7 Å². The Hall–Kier alpha value is -11.7. The molecule has 6 amide bonds. The van der Waals surface area contributed by atoms with Gasteiger partial charge in [-0.25, -0.2) is 45.7 Å². The monoisotopic (exact) mass is 1760 g/mol. The van der Waals surface area contributed by atoms with Crippen molar-refractivity contribution >= 4 is 92.2 Å². The summed E-state index contributed by atoms with van der Waals surface area (Å²) in [5.74, 6) is 11.0. The number of fused-ring (bicyclic) bond motifs is 8. The molecular formula is C89H99F5N22O12. The summed E-state index contributed by atoms with van der Waals surface area (Å²) in [7, 11) is 3.33. The zero-order valence-corrected chi connectivity index (χ0v) is 70.8. The van der Waals surface area contributed by atoms with E-state index in [1.807, 2.05) is 30.3 Å². The fourth-order valence-electron chi connectivity index (χ4n) is 21.9. The number of alkyl halides is 5. The van der Waals surface area contributed by atoms with Crippen LogP contribution in [0.15, 0.2) is 90.5 Å². The number of hydrogen-bond donors (Lipinski definition) is 5. The van der Waals surface area contributed by atoms with Crippen LogP contribution in [0.25, 0.3) is 22.3 Å². The van der Waals surface area contributed by atoms with E-state index >= 15 is 22.0 Å². The third kappa shape index (κ3) is 15.9. The van der Waals surface area contributed by atoms with Gasteiger partial charge in [-0.1, -0.05) is 42.7 Å². The molecule has 8 saturated heterocycles. The zero-order valence-electron chi connectivity index (χ0n) is 70.8. The Balaban J connectivity index is 0.487. The number of aliphatic hydroxyl groups excluding tert-OH is 1. The first-order valence-corrected chi connectivity index (χ1v) is 44.4. The molecule has 128 heavy (non-hydrogen) atoms. The smallest absolute Gasteiger partial charge is 0.329 e. The molecule has 11 aliphatic rings. The minimum absolute atomic E-state index is 0.0178. The molecule has 2 saturated carbocycles. The van der Waals surface area contributed by atoms with Crippen molar-refractivity contribution in [3.05, 3.63) is 130 Å². The lowest BCUT2D eigenvalue weighted by molar-refractivity contribution is -0.136. The summed E-state index contributed by atoms with van der Waals surface area (Å²) >= 11 is 0. The largest absolute Gasteiger partial charge is 0.374 e. The molecule has 0 radical (unpaired) electrons. The van der Waals surface area contributed by atoms with E-state index in [-0.39, 0.29) is 163 Å². The van der Waals surface area contributed by atoms with Gasteiger partial charge in [0.25, 0.3) is 24.7 Å². The van der Waals surface area contributed by atoms with Crippen molar-refractivity contribution in [1.82, 2.24) is 78.3 Å². The minimum atomic E-state index is -3.02. The summed E-state index contributed by atoms with van der Waals surface area (Å²) in [6.07, 6.45) is 8.02. The molecule has 9 aromatic rings. The van der Waals surface area contributed by atoms with Crippen LogP contribution >= 0.6 is 0 Å². The number of ether oxygens (including phenoxy) is 4. The number of hydrogen-bond acceptors (Lipinski definition) is 24. The van der Waals surface area contributed by atoms with Crippen LogP contribution in [-0.4, -0.2) is 248 Å². The van der Waals surface area contributed by atoms with E-state index in [4.69, 9.17) is 28.9 Å². The Labute approximate surface area is 731 Å². The van der Waals surface area contributed by atoms with E-state index in [2.05, 4.69) is 91.9 Å². The van der Waals surface area contributed by atoms with Gasteiger partial charge in [-0.15, -0.1) is 0 Å². The molecule has 4 bridgehead atoms. The molecule has 5 unspecified atom stereocenters. The summed E-state index contributed by atoms with van der Waals surface area (Å²) in [5, 5.41) is 39.3. The van der Waals surface area contributed by atoms with Crippen molar-refractivity contribution in [2.24, 2.45) is 24.8 Å². The van der Waals surface area contributed by atoms with Crippen LogP contribution < -0.4 is 46.6 Å². The number of imidazole rings is 1. The van der Waals surface area contributed by atoms with E-state index in [0.717, 1.165) is 19.3 Å². The molecule has 7 aromatic heterocycles. The molecule has 16 heterocycles. The maximum absolute atomic E-state index is 15.9. The van der Waals surface area contributed by atoms with Crippen LogP contribution in [0.3, 0.4) is 0 Å². The second-order valence-electron chi connectivity index (χ2n) is 35.9. The Kier molecular flexibility index (Phi) is 22.9. The van der Waals surface area contributed by atoms with Crippen molar-refractivity contribution in [1.29, 1.82) is 0 Å². The number of para-hydroxylation sites is 2. The molecular weight excluding hydrogens is 1660 g/mol. The number of morpholine rings is 2. The lowest BCUT2D eigenvalue weighted by Crippen LogP contribution is -2.60. The maximum Gasteiger partial charge on any atom is 0.329 e. The number of aryl methyl sites for hydroxylation is 1. The molecule has 10 fully saturated rings. The van der Waals surface area contributed by atoms with E-state index in [1.165, 1.54) is 47.6 Å². The molecule has 0 spiro atoms. The van der Waals surface area contributed by atoms with Gasteiger partial charge in [0.2, 0.25) is 30.0 Å². The van der Waals surface area contributed by atoms with Crippen LogP contribution in [0.5, 0.6) is 0 Å². The van der Waals surface area contributed by atoms with E-state index in [9.17, 15) is 38.7 Å². The van der Waals surface area contributed by atoms with Crippen LogP contribution in [0.4, 0.5) is 56.3 Å². The average Bonchev–Trinajstić information content (AvgIpc) is 1.59. The Morgan fingerprint density at radius 3 is 1.85 bits per heavy atom. The van der Waals surface area contributed by atoms with Crippen molar-refractivity contribution < 1.29 is 74.8 Å². The van der Waals surface area contributed by atoms with Crippen LogP contribution in [0.2, 0.25) is 0 Å². The molecule has 20 rings (SSSR count). The number of aliphatic hydroxyl groups is 1. The Morgan fingerprint density at radius 1 is 0.656 bits per heavy atom. The number of aromatic nitrogens is 12. The van der Waals surface area contributed by atoms with Crippen molar-refractivity contribution in [2.45, 2.75) is 208 Å². The molecule has 2 aromatic carbocycles. The molecule has 9 aliphatic heterocycles. The Bertz CT molecular complexity index is 6030. The second kappa shape index (κ2) is 34.7. The first-order valence-electron chi connectivity index (χ1n) is 44.4. The number of amides is 6. The Morgan fingerprint density at radius 2 is 1.25 bits per heavy atom. The standard InChI is InChI=1S/C89H99F5N22O12/c1-48-40-108(31-27-68(48)125-34-6-10-50-8-4-12-63-76(50)105(2)88(123)115(63)65-22-24-72(117)101-86(65)121)78(52-16-20-54(21-17-52)114-46-62(75(104-114)81(93)94)98-84(119)58-38-95-111-32-28-70(99-82(58)111)109-42-56-36-55(109)47-127-56)79-67-37-57(128-79)43-110(67)71-29-33-112-83(100-71)59(39-96-112)85(120)97-61-45-113(103-74(61)80(91)92)53-18-14-49(15-19-53)41-107-30-26-69(60(90)44-107)126-35-7-11-51-9-5-13-64-77(51)106(3)89(124)116(64)66-23-25-73(118)102-87(66)122/h4-5,8-9,12-13,28-29,32-33,38-39,45-46,48-49,52-57,60,65-69,78-81,88,123H,14-27,30-31,34-37,40-44,47H2,1-3H3,(H,97,120)(H,98,119)(H,101,117,121)(H,102,118,122)/t48-,49-,52-,53-,54-,55+,56+,57+,60+,65?,66?,67+,68-,69-,78?,79?,88?/m0/s1. The van der Waals surface area contributed by atoms with Crippen molar-refractivity contribution in [2.75, 3.05) is 103 Å². The number of anilines is 6. The van der Waals surface area contributed by atoms with Gasteiger partial charge >= 0.3 is 5.69 Å². The predicted molar refractivity (Wildman–Crippen MR) is 455 cm³/mol. The van der Waals surface area contributed by atoms with Crippen molar-refractivity contribution in [3.63, 3.8) is 0 Å². The van der Waals surface area contributed by atoms with Crippen LogP contribution in [-0.2, 0) is 45.2 Å². The zero-order chi connectivity index (χ0) is 88.2. The van der Waals surface area contributed by atoms with E-state index in [1.54, 1.807) is 59.2 Å². The van der Waals surface area contributed by atoms with Gasteiger partial charge in [0, 0.05) is 104 Å². The van der Waals surface area contributed by atoms with Gasteiger partial charge in [-0.3, -0.25) is 67.7 Å². The fraction of sp³-hybridized carbons (Fsp3) is 0.539. The summed E-state index contributed by atoms with van der Waals surface area (Å²) in [5.41, 5.74) is 2.37. The second-order valence-corrected chi connectivity index (χ2v) is 35.9. The van der Waals surface area contributed by atoms with Gasteiger partial charge in [0.05, 0.1) is 119 Å². The van der Waals surface area contributed by atoms with E-state index in [0.29, 0.717) is 149 Å². The SMILES string of the molecule is C[C@H]1CN(C(C2O[C@@H]3C[C@H]2N(c2ccn4ncc(C(=O)Nc5cn([C@H]6CC[C@H](CN7CC[C@H](OCC#Cc8cccc9c8n(C)c(=O)n9C8CCC(=O)NC8=O)[C@H](F)C7)CC6)nc5C(F)F)c4n2)C3)[C@H]2CC[C@H](n3cc(NC(=O)c4cnn5ccc(N6C[C@H]7C[C@@H]6CO7)nc45)c(C(F)F)n3)CC2)CC[C@@H]1OCC#Cc1cccc2c1N(C)C(O)N2C1CCC(=O)NC1=O. The normalized spacial score (nSPS) is 28.2. The summed E-state index contributed by atoms with van der Waals surface area (Å²) in [4.78, 5) is 114. The summed E-state index contributed by atoms with van der Waals surface area (Å²) < 4.78 is 111. The molecule has 39 heteroatoms. The highest BCUT2D eigenvalue weighted by molar-refractivity contribution is 6.09. The molecule has 672 valence electrons. The highest BCUT2D eigenvalue weighted by Gasteiger charge is 2.54. The number of piperidine rings is 4. The third-order valence-corrected chi connectivity index (χ3v) is 28.2. The van der Waals surface area contributed by atoms with Crippen molar-refractivity contribution in [3.8, 4) is 23.7 Å². The van der Waals surface area contributed by atoms with Crippen LogP contribution in [0, 0.1) is 41.4 Å². The first-order chi connectivity index (χ1) is 62.0. The summed E-state index contributed by atoms with van der Waals surface area (Å²) in [6, 6.07) is 12.1. The number of benzene rings is 2. The fourth-order valence-corrected chi connectivity index (χ4v) is 21.9. The lowest BCUT2D eigenvalue weighted by Gasteiger charge is -2.50. The maximum atomic E-state index is 15.9. The minimum Gasteiger partial charge on any atom is -0.374 e. The molecule has 34 nitrogen and oxygen atoms in total. The molecule has 5 N–H and O–H groups in total. The highest BCUT2D eigenvalue weighted by atomic mass is 19.3. The molecule has 13 atom stereocenters. The highest BCUT2D eigenvalue weighted by Crippen LogP contribution is 2.48. The first kappa shape index (κ1) is 84.4.